The molecule has 0 spiro atoms. The molecular formula is C16H17N3O. The maximum absolute atomic E-state index is 5.56. The van der Waals surface area contributed by atoms with Crippen LogP contribution in [0.25, 0.3) is 10.8 Å². The SMILES string of the molecule is CN(Cc1cc(N)no1)Cc1cccc2ccccc12. The molecule has 4 nitrogen and oxygen atoms in total. The van der Waals surface area contributed by atoms with Crippen molar-refractivity contribution in [2.24, 2.45) is 0 Å². The van der Waals surface area contributed by atoms with E-state index in [9.17, 15) is 0 Å². The molecule has 0 aliphatic heterocycles. The minimum absolute atomic E-state index is 0.429. The zero-order chi connectivity index (χ0) is 13.9. The zero-order valence-corrected chi connectivity index (χ0v) is 11.4. The molecule has 102 valence electrons. The highest BCUT2D eigenvalue weighted by Gasteiger charge is 2.08. The van der Waals surface area contributed by atoms with Crippen molar-refractivity contribution in [1.29, 1.82) is 0 Å². The van der Waals surface area contributed by atoms with Gasteiger partial charge in [-0.05, 0) is 23.4 Å². The summed E-state index contributed by atoms with van der Waals surface area (Å²) >= 11 is 0. The Labute approximate surface area is 117 Å². The largest absolute Gasteiger partial charge is 0.381 e. The number of nitrogen functional groups attached to an aromatic ring is 1. The molecule has 0 aliphatic carbocycles. The van der Waals surface area contributed by atoms with E-state index >= 15 is 0 Å². The molecular weight excluding hydrogens is 250 g/mol. The van der Waals surface area contributed by atoms with Gasteiger partial charge in [0, 0.05) is 12.6 Å². The summed E-state index contributed by atoms with van der Waals surface area (Å²) in [4.78, 5) is 2.18. The first-order valence-electron chi connectivity index (χ1n) is 6.58. The average Bonchev–Trinajstić information content (AvgIpc) is 2.84. The maximum atomic E-state index is 5.56. The second-order valence-corrected chi connectivity index (χ2v) is 5.03. The quantitative estimate of drug-likeness (QED) is 0.789. The van der Waals surface area contributed by atoms with E-state index in [4.69, 9.17) is 10.3 Å². The van der Waals surface area contributed by atoms with Crippen molar-refractivity contribution in [3.63, 3.8) is 0 Å². The summed E-state index contributed by atoms with van der Waals surface area (Å²) in [6.07, 6.45) is 0. The number of hydrogen-bond acceptors (Lipinski definition) is 4. The van der Waals surface area contributed by atoms with Gasteiger partial charge in [-0.2, -0.15) is 0 Å². The van der Waals surface area contributed by atoms with Crippen LogP contribution in [0.2, 0.25) is 0 Å². The highest BCUT2D eigenvalue weighted by atomic mass is 16.5. The number of nitrogens with two attached hydrogens (primary N) is 1. The normalized spacial score (nSPS) is 11.3. The van der Waals surface area contributed by atoms with Crippen molar-refractivity contribution in [3.8, 4) is 0 Å². The van der Waals surface area contributed by atoms with Crippen LogP contribution in [0.4, 0.5) is 5.82 Å². The van der Waals surface area contributed by atoms with E-state index in [-0.39, 0.29) is 0 Å². The van der Waals surface area contributed by atoms with Crippen LogP contribution in [0.3, 0.4) is 0 Å². The molecule has 1 heterocycles. The van der Waals surface area contributed by atoms with Gasteiger partial charge in [0.25, 0.3) is 0 Å². The molecule has 1 aromatic heterocycles. The summed E-state index contributed by atoms with van der Waals surface area (Å²) in [6, 6.07) is 16.6. The molecule has 0 amide bonds. The van der Waals surface area contributed by atoms with E-state index < -0.39 is 0 Å². The van der Waals surface area contributed by atoms with Gasteiger partial charge in [-0.25, -0.2) is 0 Å². The van der Waals surface area contributed by atoms with E-state index in [1.807, 2.05) is 0 Å². The lowest BCUT2D eigenvalue weighted by molar-refractivity contribution is 0.268. The van der Waals surface area contributed by atoms with Gasteiger partial charge in [-0.3, -0.25) is 4.90 Å². The lowest BCUT2D eigenvalue weighted by Crippen LogP contribution is -2.17. The van der Waals surface area contributed by atoms with Gasteiger partial charge in [0.1, 0.15) is 0 Å². The fourth-order valence-electron chi connectivity index (χ4n) is 2.45. The van der Waals surface area contributed by atoms with Crippen molar-refractivity contribution in [2.45, 2.75) is 13.1 Å². The summed E-state index contributed by atoms with van der Waals surface area (Å²) in [5.41, 5.74) is 6.86. The number of benzene rings is 2. The van der Waals surface area contributed by atoms with Gasteiger partial charge in [-0.1, -0.05) is 47.6 Å². The van der Waals surface area contributed by atoms with Crippen molar-refractivity contribution in [2.75, 3.05) is 12.8 Å². The Morgan fingerprint density at radius 1 is 1.10 bits per heavy atom. The van der Waals surface area contributed by atoms with E-state index in [0.29, 0.717) is 12.4 Å². The van der Waals surface area contributed by atoms with Gasteiger partial charge >= 0.3 is 0 Å². The van der Waals surface area contributed by atoms with Crippen LogP contribution < -0.4 is 5.73 Å². The molecule has 0 saturated carbocycles. The van der Waals surface area contributed by atoms with Crippen LogP contribution in [-0.2, 0) is 13.1 Å². The Morgan fingerprint density at radius 3 is 2.70 bits per heavy atom. The number of nitrogens with zero attached hydrogens (tertiary/aromatic N) is 2. The molecule has 0 aliphatic rings. The smallest absolute Gasteiger partial charge is 0.167 e. The first-order chi connectivity index (χ1) is 9.72. The lowest BCUT2D eigenvalue weighted by atomic mass is 10.0. The molecule has 20 heavy (non-hydrogen) atoms. The molecule has 3 rings (SSSR count). The Balaban J connectivity index is 1.79. The first kappa shape index (κ1) is 12.7. The molecule has 0 atom stereocenters. The third kappa shape index (κ3) is 2.65. The molecule has 0 unspecified atom stereocenters. The number of anilines is 1. The minimum Gasteiger partial charge on any atom is -0.381 e. The zero-order valence-electron chi connectivity index (χ0n) is 11.4. The van der Waals surface area contributed by atoms with Gasteiger partial charge in [0.05, 0.1) is 6.54 Å². The van der Waals surface area contributed by atoms with Gasteiger partial charge < -0.3 is 10.3 Å². The molecule has 4 heteroatoms. The van der Waals surface area contributed by atoms with Crippen LogP contribution >= 0.6 is 0 Å². The van der Waals surface area contributed by atoms with E-state index in [2.05, 4.69) is 59.6 Å². The van der Waals surface area contributed by atoms with Crippen LogP contribution in [0.15, 0.2) is 53.1 Å². The summed E-state index contributed by atoms with van der Waals surface area (Å²) in [7, 11) is 2.06. The molecule has 0 radical (unpaired) electrons. The second kappa shape index (κ2) is 5.35. The molecule has 0 fully saturated rings. The number of aromatic nitrogens is 1. The average molecular weight is 267 g/mol. The highest BCUT2D eigenvalue weighted by molar-refractivity contribution is 5.85. The third-order valence-corrected chi connectivity index (χ3v) is 3.32. The van der Waals surface area contributed by atoms with E-state index in [1.54, 1.807) is 6.07 Å². The lowest BCUT2D eigenvalue weighted by Gasteiger charge is -2.16. The van der Waals surface area contributed by atoms with Gasteiger partial charge in [0.2, 0.25) is 0 Å². The molecule has 0 saturated heterocycles. The molecule has 3 aromatic rings. The van der Waals surface area contributed by atoms with Crippen LogP contribution in [0, 0.1) is 0 Å². The van der Waals surface area contributed by atoms with Crippen molar-refractivity contribution in [3.05, 3.63) is 59.9 Å². The summed E-state index contributed by atoms with van der Waals surface area (Å²) < 4.78 is 5.14. The monoisotopic (exact) mass is 267 g/mol. The predicted octanol–water partition coefficient (Wildman–Crippen LogP) is 3.04. The Bertz CT molecular complexity index is 715. The fourth-order valence-corrected chi connectivity index (χ4v) is 2.45. The van der Waals surface area contributed by atoms with Crippen molar-refractivity contribution in [1.82, 2.24) is 10.1 Å². The number of fused-ring (bicyclic) bond motifs is 1. The minimum atomic E-state index is 0.429. The van der Waals surface area contributed by atoms with Crippen LogP contribution in [0.5, 0.6) is 0 Å². The predicted molar refractivity (Wildman–Crippen MR) is 80.0 cm³/mol. The third-order valence-electron chi connectivity index (χ3n) is 3.32. The molecule has 2 aromatic carbocycles. The van der Waals surface area contributed by atoms with Gasteiger partial charge in [0.15, 0.2) is 11.6 Å². The molecule has 2 N–H and O–H groups in total. The fraction of sp³-hybridized carbons (Fsp3) is 0.188. The number of rotatable bonds is 4. The van der Waals surface area contributed by atoms with E-state index in [1.165, 1.54) is 16.3 Å². The van der Waals surface area contributed by atoms with Crippen LogP contribution in [-0.4, -0.2) is 17.1 Å². The Kier molecular flexibility index (Phi) is 3.39. The maximum Gasteiger partial charge on any atom is 0.167 e. The standard InChI is InChI=1S/C16H17N3O/c1-19(11-14-9-16(17)18-20-14)10-13-7-4-6-12-5-2-3-8-15(12)13/h2-9H,10-11H2,1H3,(H2,17,18). The Hall–Kier alpha value is -2.33. The summed E-state index contributed by atoms with van der Waals surface area (Å²) in [5, 5.41) is 6.26. The van der Waals surface area contributed by atoms with E-state index in [0.717, 1.165) is 12.3 Å². The first-order valence-corrected chi connectivity index (χ1v) is 6.58. The topological polar surface area (TPSA) is 55.3 Å². The summed E-state index contributed by atoms with van der Waals surface area (Å²) in [5.74, 6) is 1.21. The second-order valence-electron chi connectivity index (χ2n) is 5.03. The van der Waals surface area contributed by atoms with Crippen molar-refractivity contribution >= 4 is 16.6 Å². The summed E-state index contributed by atoms with van der Waals surface area (Å²) in [6.45, 7) is 1.54. The number of hydrogen-bond donors (Lipinski definition) is 1. The molecule has 0 bridgehead atoms. The highest BCUT2D eigenvalue weighted by Crippen LogP contribution is 2.20. The van der Waals surface area contributed by atoms with Gasteiger partial charge in [-0.15, -0.1) is 0 Å². The van der Waals surface area contributed by atoms with Crippen LogP contribution in [0.1, 0.15) is 11.3 Å². The van der Waals surface area contributed by atoms with Crippen molar-refractivity contribution < 1.29 is 4.52 Å². The Morgan fingerprint density at radius 2 is 1.90 bits per heavy atom.